The van der Waals surface area contributed by atoms with Crippen molar-refractivity contribution in [3.05, 3.63) is 23.7 Å². The first-order valence-corrected chi connectivity index (χ1v) is 9.07. The van der Waals surface area contributed by atoms with Crippen LogP contribution in [0.2, 0.25) is 0 Å². The molecular weight excluding hydrogens is 324 g/mol. The summed E-state index contributed by atoms with van der Waals surface area (Å²) in [6.45, 7) is 3.54. The van der Waals surface area contributed by atoms with Gasteiger partial charge < -0.3 is 14.8 Å². The molecule has 0 spiro atoms. The summed E-state index contributed by atoms with van der Waals surface area (Å²) in [4.78, 5) is 23.2. The number of aliphatic carboxylic acids is 1. The van der Waals surface area contributed by atoms with Gasteiger partial charge in [-0.1, -0.05) is 13.8 Å². The van der Waals surface area contributed by atoms with E-state index in [1.807, 2.05) is 0 Å². The van der Waals surface area contributed by atoms with Crippen LogP contribution >= 0.6 is 0 Å². The summed E-state index contributed by atoms with van der Waals surface area (Å²) in [6, 6.07) is 2.91. The molecular formula is C14H22N2O6S. The van der Waals surface area contributed by atoms with E-state index in [0.29, 0.717) is 12.8 Å². The van der Waals surface area contributed by atoms with Crippen molar-refractivity contribution >= 4 is 21.9 Å². The molecule has 8 nitrogen and oxygen atoms in total. The molecule has 0 saturated carbocycles. The van der Waals surface area contributed by atoms with Crippen LogP contribution in [-0.2, 0) is 21.4 Å². The molecule has 1 amide bonds. The zero-order chi connectivity index (χ0) is 17.7. The molecule has 0 radical (unpaired) electrons. The van der Waals surface area contributed by atoms with Crippen LogP contribution in [0.25, 0.3) is 0 Å². The van der Waals surface area contributed by atoms with Crippen molar-refractivity contribution in [2.75, 3.05) is 6.26 Å². The number of carbonyl (C=O) groups excluding carboxylic acids is 1. The van der Waals surface area contributed by atoms with E-state index >= 15 is 0 Å². The van der Waals surface area contributed by atoms with Crippen molar-refractivity contribution in [1.82, 2.24) is 10.0 Å². The topological polar surface area (TPSA) is 126 Å². The van der Waals surface area contributed by atoms with Crippen LogP contribution in [0.3, 0.4) is 0 Å². The molecule has 0 saturated heterocycles. The van der Waals surface area contributed by atoms with Crippen LogP contribution in [0.4, 0.5) is 0 Å². The van der Waals surface area contributed by atoms with E-state index in [-0.39, 0.29) is 24.5 Å². The first-order chi connectivity index (χ1) is 10.6. The quantitative estimate of drug-likeness (QED) is 0.614. The zero-order valence-electron chi connectivity index (χ0n) is 13.4. The van der Waals surface area contributed by atoms with E-state index in [9.17, 15) is 18.0 Å². The first-order valence-electron chi connectivity index (χ1n) is 7.18. The zero-order valence-corrected chi connectivity index (χ0v) is 14.2. The van der Waals surface area contributed by atoms with Crippen molar-refractivity contribution in [1.29, 1.82) is 0 Å². The Balaban J connectivity index is 2.81. The predicted molar refractivity (Wildman–Crippen MR) is 83.4 cm³/mol. The summed E-state index contributed by atoms with van der Waals surface area (Å²) >= 11 is 0. The van der Waals surface area contributed by atoms with E-state index in [1.165, 1.54) is 12.1 Å². The maximum Gasteiger partial charge on any atom is 0.305 e. The SMILES string of the molecule is CCC(CC)(CC(=O)O)NC(=O)c1ccc(CNS(C)(=O)=O)o1. The Morgan fingerprint density at radius 2 is 1.87 bits per heavy atom. The van der Waals surface area contributed by atoms with Crippen LogP contribution < -0.4 is 10.0 Å². The van der Waals surface area contributed by atoms with Crippen LogP contribution in [0.1, 0.15) is 49.4 Å². The minimum atomic E-state index is -3.36. The highest BCUT2D eigenvalue weighted by molar-refractivity contribution is 7.88. The van der Waals surface area contributed by atoms with Gasteiger partial charge in [-0.3, -0.25) is 9.59 Å². The molecule has 9 heteroatoms. The lowest BCUT2D eigenvalue weighted by atomic mass is 9.89. The summed E-state index contributed by atoms with van der Waals surface area (Å²) in [5.41, 5.74) is -0.846. The van der Waals surface area contributed by atoms with Crippen LogP contribution in [-0.4, -0.2) is 37.2 Å². The Labute approximate surface area is 135 Å². The Bertz CT molecular complexity index is 661. The number of nitrogens with one attached hydrogen (secondary N) is 2. The lowest BCUT2D eigenvalue weighted by Gasteiger charge is -2.30. The number of rotatable bonds is 9. The van der Waals surface area contributed by atoms with Crippen molar-refractivity contribution < 1.29 is 27.5 Å². The first kappa shape index (κ1) is 19.2. The average Bonchev–Trinajstić information content (AvgIpc) is 2.92. The maximum absolute atomic E-state index is 12.2. The number of carboxylic acids is 1. The second kappa shape index (κ2) is 7.60. The van der Waals surface area contributed by atoms with E-state index in [4.69, 9.17) is 9.52 Å². The Morgan fingerprint density at radius 1 is 1.26 bits per heavy atom. The number of carboxylic acid groups (broad SMARTS) is 1. The molecule has 1 heterocycles. The maximum atomic E-state index is 12.2. The van der Waals surface area contributed by atoms with Crippen LogP contribution in [0.15, 0.2) is 16.5 Å². The van der Waals surface area contributed by atoms with Gasteiger partial charge in [0.1, 0.15) is 5.76 Å². The molecule has 1 rings (SSSR count). The van der Waals surface area contributed by atoms with Crippen molar-refractivity contribution in [3.63, 3.8) is 0 Å². The lowest BCUT2D eigenvalue weighted by Crippen LogP contribution is -2.49. The Hall–Kier alpha value is -1.87. The van der Waals surface area contributed by atoms with Crippen LogP contribution in [0, 0.1) is 0 Å². The molecule has 0 unspecified atom stereocenters. The molecule has 1 aromatic heterocycles. The normalized spacial score (nSPS) is 12.1. The van der Waals surface area contributed by atoms with Crippen LogP contribution in [0.5, 0.6) is 0 Å². The largest absolute Gasteiger partial charge is 0.481 e. The molecule has 0 aliphatic heterocycles. The third-order valence-corrected chi connectivity index (χ3v) is 4.28. The number of furan rings is 1. The summed E-state index contributed by atoms with van der Waals surface area (Å²) in [7, 11) is -3.36. The number of hydrogen-bond donors (Lipinski definition) is 3. The van der Waals surface area contributed by atoms with E-state index in [1.54, 1.807) is 13.8 Å². The third kappa shape index (κ3) is 6.03. The molecule has 0 aliphatic carbocycles. The molecule has 3 N–H and O–H groups in total. The highest BCUT2D eigenvalue weighted by Gasteiger charge is 2.32. The summed E-state index contributed by atoms with van der Waals surface area (Å²) in [6.07, 6.45) is 1.76. The van der Waals surface area contributed by atoms with Gasteiger partial charge in [0.2, 0.25) is 10.0 Å². The Morgan fingerprint density at radius 3 is 2.35 bits per heavy atom. The fourth-order valence-electron chi connectivity index (χ4n) is 2.11. The second-order valence-electron chi connectivity index (χ2n) is 5.37. The van der Waals surface area contributed by atoms with Crippen molar-refractivity contribution in [2.24, 2.45) is 0 Å². The monoisotopic (exact) mass is 346 g/mol. The number of carbonyl (C=O) groups is 2. The molecule has 0 atom stereocenters. The van der Waals surface area contributed by atoms with Gasteiger partial charge in [0.25, 0.3) is 5.91 Å². The van der Waals surface area contributed by atoms with Gasteiger partial charge in [0.15, 0.2) is 5.76 Å². The standard InChI is InChI=1S/C14H22N2O6S/c1-4-14(5-2,8-12(17)18)16-13(19)11-7-6-10(22-11)9-15-23(3,20)21/h6-7,15H,4-5,8-9H2,1-3H3,(H,16,19)(H,17,18). The van der Waals surface area contributed by atoms with Gasteiger partial charge in [-0.2, -0.15) is 0 Å². The van der Waals surface area contributed by atoms with Gasteiger partial charge in [-0.15, -0.1) is 0 Å². The summed E-state index contributed by atoms with van der Waals surface area (Å²) in [5.74, 6) is -1.23. The second-order valence-corrected chi connectivity index (χ2v) is 7.20. The molecule has 130 valence electrons. The minimum Gasteiger partial charge on any atom is -0.481 e. The van der Waals surface area contributed by atoms with Gasteiger partial charge in [-0.25, -0.2) is 13.1 Å². The predicted octanol–water partition coefficient (Wildman–Crippen LogP) is 1.09. The average molecular weight is 346 g/mol. The van der Waals surface area contributed by atoms with Gasteiger partial charge in [0.05, 0.1) is 24.8 Å². The van der Waals surface area contributed by atoms with E-state index in [0.717, 1.165) is 6.26 Å². The summed E-state index contributed by atoms with van der Waals surface area (Å²) < 4.78 is 29.6. The lowest BCUT2D eigenvalue weighted by molar-refractivity contribution is -0.138. The number of amides is 1. The van der Waals surface area contributed by atoms with Crippen molar-refractivity contribution in [3.8, 4) is 0 Å². The molecule has 1 aromatic rings. The fourth-order valence-corrected chi connectivity index (χ4v) is 2.51. The number of hydrogen-bond acceptors (Lipinski definition) is 5. The molecule has 0 aromatic carbocycles. The van der Waals surface area contributed by atoms with Gasteiger partial charge in [0, 0.05) is 0 Å². The third-order valence-electron chi connectivity index (χ3n) is 3.62. The van der Waals surface area contributed by atoms with Gasteiger partial charge in [-0.05, 0) is 25.0 Å². The molecule has 0 aliphatic rings. The van der Waals surface area contributed by atoms with E-state index < -0.39 is 27.4 Å². The molecule has 0 bridgehead atoms. The minimum absolute atomic E-state index is 0.00645. The van der Waals surface area contributed by atoms with Crippen molar-refractivity contribution in [2.45, 2.75) is 45.2 Å². The van der Waals surface area contributed by atoms with E-state index in [2.05, 4.69) is 10.0 Å². The fraction of sp³-hybridized carbons (Fsp3) is 0.571. The number of sulfonamides is 1. The Kier molecular flexibility index (Phi) is 6.34. The van der Waals surface area contributed by atoms with Gasteiger partial charge >= 0.3 is 5.97 Å². The smallest absolute Gasteiger partial charge is 0.305 e. The highest BCUT2D eigenvalue weighted by atomic mass is 32.2. The molecule has 0 fully saturated rings. The highest BCUT2D eigenvalue weighted by Crippen LogP contribution is 2.21. The summed E-state index contributed by atoms with van der Waals surface area (Å²) in [5, 5.41) is 11.7. The molecule has 23 heavy (non-hydrogen) atoms.